The average Bonchev–Trinajstić information content (AvgIpc) is 2.94. The molecule has 126 valence electrons. The van der Waals surface area contributed by atoms with Crippen molar-refractivity contribution in [2.24, 2.45) is 0 Å². The third-order valence-corrected chi connectivity index (χ3v) is 5.21. The van der Waals surface area contributed by atoms with Gasteiger partial charge in [-0.1, -0.05) is 45.2 Å². The van der Waals surface area contributed by atoms with Gasteiger partial charge in [0.25, 0.3) is 5.91 Å². The van der Waals surface area contributed by atoms with Gasteiger partial charge in [-0.3, -0.25) is 10.1 Å². The highest BCUT2D eigenvalue weighted by molar-refractivity contribution is 9.10. The van der Waals surface area contributed by atoms with E-state index < -0.39 is 16.3 Å². The van der Waals surface area contributed by atoms with E-state index in [0.29, 0.717) is 10.8 Å². The van der Waals surface area contributed by atoms with E-state index in [1.54, 1.807) is 0 Å². The Morgan fingerprint density at radius 2 is 2.17 bits per heavy atom. The minimum absolute atomic E-state index is 0.403. The maximum absolute atomic E-state index is 11.6. The molecule has 4 nitrogen and oxygen atoms in total. The predicted octanol–water partition coefficient (Wildman–Crippen LogP) is 5.50. The topological polar surface area (TPSA) is 51.2 Å². The summed E-state index contributed by atoms with van der Waals surface area (Å²) in [5.74, 6) is 0.255. The maximum Gasteiger partial charge on any atom is 0.259 e. The lowest BCUT2D eigenvalue weighted by atomic mass is 9.99. The number of carbonyl (C=O) groups excluding carboxylic acids is 1. The fraction of sp³-hybridized carbons (Fsp3) is 0.250. The van der Waals surface area contributed by atoms with Gasteiger partial charge < -0.3 is 4.74 Å². The highest BCUT2D eigenvalue weighted by atomic mass is 79.9. The maximum atomic E-state index is 11.6. The average molecular weight is 448 g/mol. The summed E-state index contributed by atoms with van der Waals surface area (Å²) in [6.45, 7) is 3.98. The van der Waals surface area contributed by atoms with E-state index in [4.69, 9.17) is 27.9 Å². The number of nitrogens with one attached hydrogen (secondary N) is 1. The molecule has 0 saturated carbocycles. The van der Waals surface area contributed by atoms with Crippen molar-refractivity contribution in [2.45, 2.75) is 24.3 Å². The summed E-state index contributed by atoms with van der Waals surface area (Å²) in [6.07, 6.45) is 4.05. The molecule has 0 unspecified atom stereocenters. The Hall–Kier alpha value is -1.08. The Morgan fingerprint density at radius 3 is 2.88 bits per heavy atom. The van der Waals surface area contributed by atoms with Gasteiger partial charge in [0.15, 0.2) is 9.97 Å². The normalized spacial score (nSPS) is 15.1. The molecule has 0 saturated heterocycles. The van der Waals surface area contributed by atoms with Crippen LogP contribution in [0.2, 0.25) is 0 Å². The quantitative estimate of drug-likeness (QED) is 0.632. The third kappa shape index (κ3) is 3.61. The lowest BCUT2D eigenvalue weighted by molar-refractivity contribution is -0.114. The van der Waals surface area contributed by atoms with Crippen LogP contribution in [0.5, 0.6) is 5.75 Å². The number of carbonyl (C=O) groups is 1. The third-order valence-electron chi connectivity index (χ3n) is 3.37. The largest absolute Gasteiger partial charge is 0.482 e. The molecular weight excluding hydrogens is 435 g/mol. The summed E-state index contributed by atoms with van der Waals surface area (Å²) >= 11 is 15.9. The number of halogens is 3. The first-order valence-corrected chi connectivity index (χ1v) is 9.57. The van der Waals surface area contributed by atoms with E-state index >= 15 is 0 Å². The molecule has 1 aliphatic rings. The zero-order valence-corrected chi connectivity index (χ0v) is 16.7. The number of alkyl halides is 2. The number of thiazole rings is 1. The number of hydrogen-bond acceptors (Lipinski definition) is 4. The van der Waals surface area contributed by atoms with E-state index in [2.05, 4.69) is 26.2 Å². The summed E-state index contributed by atoms with van der Waals surface area (Å²) in [4.78, 5) is 14.9. The van der Waals surface area contributed by atoms with Crippen LogP contribution >= 0.6 is 50.5 Å². The number of aromatic nitrogens is 1. The smallest absolute Gasteiger partial charge is 0.259 e. The predicted molar refractivity (Wildman–Crippen MR) is 103 cm³/mol. The fourth-order valence-electron chi connectivity index (χ4n) is 2.24. The van der Waals surface area contributed by atoms with E-state index in [0.717, 1.165) is 21.3 Å². The van der Waals surface area contributed by atoms with Crippen molar-refractivity contribution in [3.63, 3.8) is 0 Å². The minimum atomic E-state index is -1.13. The molecule has 1 N–H and O–H groups in total. The van der Waals surface area contributed by atoms with Crippen LogP contribution in [0.4, 0.5) is 5.13 Å². The van der Waals surface area contributed by atoms with Crippen LogP contribution in [0.15, 0.2) is 28.1 Å². The van der Waals surface area contributed by atoms with Crippen molar-refractivity contribution >= 4 is 67.6 Å². The molecule has 1 amide bonds. The number of hydrogen-bond donors (Lipinski definition) is 1. The van der Waals surface area contributed by atoms with Gasteiger partial charge in [-0.25, -0.2) is 4.98 Å². The number of ether oxygens (including phenoxy) is 1. The molecule has 0 aliphatic carbocycles. The number of rotatable bonds is 3. The lowest BCUT2D eigenvalue weighted by Gasteiger charge is -2.29. The standard InChI is InChI=1S/C16H13BrCl2N2O2S/c1-16(2)6-5-8-10(17)4-3-9(12(8)23-16)11-7-24-15(20-11)21-14(22)13(18)19/h3-7,13H,1-2H3,(H,20,21,22). The molecule has 1 aliphatic heterocycles. The van der Waals surface area contributed by atoms with Crippen LogP contribution < -0.4 is 10.1 Å². The molecule has 8 heteroatoms. The Balaban J connectivity index is 1.99. The number of benzene rings is 1. The molecule has 2 heterocycles. The second kappa shape index (κ2) is 6.67. The lowest BCUT2D eigenvalue weighted by Crippen LogP contribution is -2.28. The summed E-state index contributed by atoms with van der Waals surface area (Å²) in [6, 6.07) is 3.88. The molecular formula is C16H13BrCl2N2O2S. The van der Waals surface area contributed by atoms with E-state index in [1.165, 1.54) is 11.3 Å². The SMILES string of the molecule is CC1(C)C=Cc2c(Br)ccc(-c3csc(NC(=O)C(Cl)Cl)n3)c2O1. The number of nitrogens with zero attached hydrogens (tertiary/aromatic N) is 1. The van der Waals surface area contributed by atoms with Crippen LogP contribution in [0.1, 0.15) is 19.4 Å². The van der Waals surface area contributed by atoms with Crippen LogP contribution in [0, 0.1) is 0 Å². The molecule has 0 bridgehead atoms. The molecule has 24 heavy (non-hydrogen) atoms. The highest BCUT2D eigenvalue weighted by Crippen LogP contribution is 2.43. The number of fused-ring (bicyclic) bond motifs is 1. The van der Waals surface area contributed by atoms with E-state index in [1.807, 2.05) is 43.5 Å². The Labute approximate surface area is 162 Å². The van der Waals surface area contributed by atoms with Crippen molar-refractivity contribution in [1.29, 1.82) is 0 Å². The van der Waals surface area contributed by atoms with Crippen LogP contribution in [-0.2, 0) is 4.79 Å². The van der Waals surface area contributed by atoms with Gasteiger partial charge >= 0.3 is 0 Å². The van der Waals surface area contributed by atoms with Gasteiger partial charge in [0.05, 0.1) is 5.69 Å². The van der Waals surface area contributed by atoms with Crippen molar-refractivity contribution in [3.8, 4) is 17.0 Å². The van der Waals surface area contributed by atoms with Crippen molar-refractivity contribution < 1.29 is 9.53 Å². The zero-order chi connectivity index (χ0) is 17.5. The molecule has 1 aromatic carbocycles. The first-order valence-electron chi connectivity index (χ1n) is 7.02. The second-order valence-electron chi connectivity index (χ2n) is 5.70. The number of amides is 1. The van der Waals surface area contributed by atoms with Crippen molar-refractivity contribution in [1.82, 2.24) is 4.98 Å². The molecule has 0 atom stereocenters. The zero-order valence-electron chi connectivity index (χ0n) is 12.8. The molecule has 0 fully saturated rings. The minimum Gasteiger partial charge on any atom is -0.482 e. The van der Waals surface area contributed by atoms with Crippen molar-refractivity contribution in [3.05, 3.63) is 33.6 Å². The first-order chi connectivity index (χ1) is 11.3. The summed E-state index contributed by atoms with van der Waals surface area (Å²) in [7, 11) is 0. The highest BCUT2D eigenvalue weighted by Gasteiger charge is 2.26. The van der Waals surface area contributed by atoms with Crippen LogP contribution in [0.3, 0.4) is 0 Å². The van der Waals surface area contributed by atoms with Gasteiger partial charge in [-0.15, -0.1) is 11.3 Å². The molecule has 0 spiro atoms. The Morgan fingerprint density at radius 1 is 1.42 bits per heavy atom. The van der Waals surface area contributed by atoms with Crippen LogP contribution in [0.25, 0.3) is 17.3 Å². The van der Waals surface area contributed by atoms with E-state index in [-0.39, 0.29) is 0 Å². The van der Waals surface area contributed by atoms with E-state index in [9.17, 15) is 4.79 Å². The van der Waals surface area contributed by atoms with Gasteiger partial charge in [0.2, 0.25) is 0 Å². The molecule has 2 aromatic rings. The Kier molecular flexibility index (Phi) is 4.93. The number of anilines is 1. The molecule has 0 radical (unpaired) electrons. The molecule has 1 aromatic heterocycles. The van der Waals surface area contributed by atoms with Gasteiger partial charge in [0.1, 0.15) is 11.4 Å². The summed E-state index contributed by atoms with van der Waals surface area (Å²) < 4.78 is 7.08. The second-order valence-corrected chi connectivity index (χ2v) is 8.51. The summed E-state index contributed by atoms with van der Waals surface area (Å²) in [5, 5.41) is 4.87. The summed E-state index contributed by atoms with van der Waals surface area (Å²) in [5.41, 5.74) is 2.13. The van der Waals surface area contributed by atoms with Crippen molar-refractivity contribution in [2.75, 3.05) is 5.32 Å². The van der Waals surface area contributed by atoms with Gasteiger partial charge in [-0.05, 0) is 32.1 Å². The Bertz CT molecular complexity index is 833. The monoisotopic (exact) mass is 446 g/mol. The van der Waals surface area contributed by atoms with Gasteiger partial charge in [0, 0.05) is 21.0 Å². The molecule has 3 rings (SSSR count). The van der Waals surface area contributed by atoms with Gasteiger partial charge in [-0.2, -0.15) is 0 Å². The first kappa shape index (κ1) is 17.7. The van der Waals surface area contributed by atoms with Crippen LogP contribution in [-0.4, -0.2) is 21.3 Å². The fourth-order valence-corrected chi connectivity index (χ4v) is 3.51.